The first-order chi connectivity index (χ1) is 9.15. The van der Waals surface area contributed by atoms with Gasteiger partial charge in [0, 0.05) is 22.0 Å². The SMILES string of the molecule is CCC1CC(OCc2c(Cl)cccc2Cl)C(CC)O1. The lowest BCUT2D eigenvalue weighted by Crippen LogP contribution is -2.23. The minimum absolute atomic E-state index is 0.141. The molecule has 1 fully saturated rings. The molecule has 1 heterocycles. The van der Waals surface area contributed by atoms with E-state index in [9.17, 15) is 0 Å². The molecular weight excluding hydrogens is 283 g/mol. The smallest absolute Gasteiger partial charge is 0.0865 e. The van der Waals surface area contributed by atoms with E-state index < -0.39 is 0 Å². The van der Waals surface area contributed by atoms with E-state index in [-0.39, 0.29) is 12.2 Å². The molecule has 4 heteroatoms. The van der Waals surface area contributed by atoms with Crippen LogP contribution in [0, 0.1) is 0 Å². The Kier molecular flexibility index (Phi) is 5.52. The van der Waals surface area contributed by atoms with Crippen molar-refractivity contribution >= 4 is 23.2 Å². The van der Waals surface area contributed by atoms with E-state index in [1.807, 2.05) is 18.2 Å². The number of halogens is 2. The molecule has 19 heavy (non-hydrogen) atoms. The van der Waals surface area contributed by atoms with E-state index in [4.69, 9.17) is 32.7 Å². The summed E-state index contributed by atoms with van der Waals surface area (Å²) in [5.74, 6) is 0. The molecule has 1 saturated heterocycles. The van der Waals surface area contributed by atoms with E-state index in [1.165, 1.54) is 0 Å². The predicted octanol–water partition coefficient (Wildman–Crippen LogP) is 4.86. The first-order valence-electron chi connectivity index (χ1n) is 6.85. The van der Waals surface area contributed by atoms with E-state index in [0.29, 0.717) is 22.8 Å². The van der Waals surface area contributed by atoms with Crippen molar-refractivity contribution in [3.05, 3.63) is 33.8 Å². The molecule has 2 rings (SSSR count). The number of rotatable bonds is 5. The third-order valence-electron chi connectivity index (χ3n) is 3.64. The third-order valence-corrected chi connectivity index (χ3v) is 4.35. The highest BCUT2D eigenvalue weighted by Gasteiger charge is 2.33. The van der Waals surface area contributed by atoms with Crippen LogP contribution in [0.15, 0.2) is 18.2 Å². The van der Waals surface area contributed by atoms with Crippen molar-refractivity contribution in [2.75, 3.05) is 0 Å². The van der Waals surface area contributed by atoms with Crippen molar-refractivity contribution in [1.82, 2.24) is 0 Å². The molecule has 106 valence electrons. The summed E-state index contributed by atoms with van der Waals surface area (Å²) in [5, 5.41) is 1.32. The Balaban J connectivity index is 1.98. The summed E-state index contributed by atoms with van der Waals surface area (Å²) in [4.78, 5) is 0. The lowest BCUT2D eigenvalue weighted by atomic mass is 10.1. The molecule has 0 aliphatic carbocycles. The van der Waals surface area contributed by atoms with Crippen LogP contribution < -0.4 is 0 Å². The van der Waals surface area contributed by atoms with Gasteiger partial charge in [-0.1, -0.05) is 43.1 Å². The Hall–Kier alpha value is -0.280. The summed E-state index contributed by atoms with van der Waals surface area (Å²) in [6.07, 6.45) is 3.60. The fourth-order valence-electron chi connectivity index (χ4n) is 2.46. The first-order valence-corrected chi connectivity index (χ1v) is 7.61. The molecule has 0 N–H and O–H groups in total. The second-order valence-corrected chi connectivity index (χ2v) is 5.71. The molecule has 1 aliphatic rings. The molecule has 3 unspecified atom stereocenters. The Bertz CT molecular complexity index is 402. The number of benzene rings is 1. The zero-order chi connectivity index (χ0) is 13.8. The van der Waals surface area contributed by atoms with Gasteiger partial charge in [0.15, 0.2) is 0 Å². The van der Waals surface area contributed by atoms with Crippen LogP contribution in [-0.2, 0) is 16.1 Å². The molecule has 0 amide bonds. The third kappa shape index (κ3) is 3.63. The lowest BCUT2D eigenvalue weighted by Gasteiger charge is -2.18. The van der Waals surface area contributed by atoms with E-state index in [2.05, 4.69) is 13.8 Å². The minimum atomic E-state index is 0.141. The average molecular weight is 303 g/mol. The van der Waals surface area contributed by atoms with Gasteiger partial charge >= 0.3 is 0 Å². The molecular formula is C15H20Cl2O2. The lowest BCUT2D eigenvalue weighted by molar-refractivity contribution is -0.0303. The fourth-order valence-corrected chi connectivity index (χ4v) is 2.97. The minimum Gasteiger partial charge on any atom is -0.372 e. The largest absolute Gasteiger partial charge is 0.372 e. The summed E-state index contributed by atoms with van der Waals surface area (Å²) in [7, 11) is 0. The van der Waals surface area contributed by atoms with Crippen LogP contribution in [-0.4, -0.2) is 18.3 Å². The van der Waals surface area contributed by atoms with Gasteiger partial charge in [0.25, 0.3) is 0 Å². The maximum absolute atomic E-state index is 6.15. The molecule has 1 aromatic rings. The van der Waals surface area contributed by atoms with Crippen LogP contribution in [0.1, 0.15) is 38.7 Å². The normalized spacial score (nSPS) is 26.8. The first kappa shape index (κ1) is 15.1. The Morgan fingerprint density at radius 2 is 1.89 bits per heavy atom. The fraction of sp³-hybridized carbons (Fsp3) is 0.600. The molecule has 1 aliphatic heterocycles. The van der Waals surface area contributed by atoms with Crippen LogP contribution in [0.2, 0.25) is 10.0 Å². The molecule has 0 spiro atoms. The van der Waals surface area contributed by atoms with Gasteiger partial charge in [-0.05, 0) is 25.0 Å². The van der Waals surface area contributed by atoms with E-state index in [0.717, 1.165) is 24.8 Å². The van der Waals surface area contributed by atoms with Gasteiger partial charge in [0.2, 0.25) is 0 Å². The van der Waals surface area contributed by atoms with Gasteiger partial charge < -0.3 is 9.47 Å². The van der Waals surface area contributed by atoms with Crippen LogP contribution in [0.25, 0.3) is 0 Å². The van der Waals surface area contributed by atoms with Crippen molar-refractivity contribution in [3.8, 4) is 0 Å². The van der Waals surface area contributed by atoms with Crippen LogP contribution in [0.4, 0.5) is 0 Å². The van der Waals surface area contributed by atoms with E-state index in [1.54, 1.807) is 0 Å². The second kappa shape index (κ2) is 6.94. The van der Waals surface area contributed by atoms with Gasteiger partial charge in [0.1, 0.15) is 0 Å². The van der Waals surface area contributed by atoms with Gasteiger partial charge in [-0.3, -0.25) is 0 Å². The second-order valence-electron chi connectivity index (χ2n) is 4.90. The van der Waals surface area contributed by atoms with Gasteiger partial charge in [-0.15, -0.1) is 0 Å². The van der Waals surface area contributed by atoms with Crippen molar-refractivity contribution in [1.29, 1.82) is 0 Å². The monoisotopic (exact) mass is 302 g/mol. The molecule has 0 saturated carbocycles. The quantitative estimate of drug-likeness (QED) is 0.773. The maximum Gasteiger partial charge on any atom is 0.0865 e. The molecule has 0 radical (unpaired) electrons. The van der Waals surface area contributed by atoms with Crippen molar-refractivity contribution in [2.24, 2.45) is 0 Å². The summed E-state index contributed by atoms with van der Waals surface area (Å²) in [6.45, 7) is 4.71. The highest BCUT2D eigenvalue weighted by atomic mass is 35.5. The van der Waals surface area contributed by atoms with Crippen LogP contribution >= 0.6 is 23.2 Å². The summed E-state index contributed by atoms with van der Waals surface area (Å²) in [5.41, 5.74) is 0.862. The van der Waals surface area contributed by atoms with Crippen LogP contribution in [0.3, 0.4) is 0 Å². The Morgan fingerprint density at radius 3 is 2.47 bits per heavy atom. The van der Waals surface area contributed by atoms with Crippen molar-refractivity contribution in [2.45, 2.75) is 58.0 Å². The molecule has 0 aromatic heterocycles. The zero-order valence-corrected chi connectivity index (χ0v) is 12.9. The highest BCUT2D eigenvalue weighted by Crippen LogP contribution is 2.30. The topological polar surface area (TPSA) is 18.5 Å². The Labute approximate surface area is 125 Å². The molecule has 0 bridgehead atoms. The number of hydrogen-bond donors (Lipinski definition) is 0. The van der Waals surface area contributed by atoms with Crippen molar-refractivity contribution in [3.63, 3.8) is 0 Å². The van der Waals surface area contributed by atoms with Crippen LogP contribution in [0.5, 0.6) is 0 Å². The summed E-state index contributed by atoms with van der Waals surface area (Å²) < 4.78 is 11.9. The maximum atomic E-state index is 6.15. The highest BCUT2D eigenvalue weighted by molar-refractivity contribution is 6.35. The zero-order valence-electron chi connectivity index (χ0n) is 11.4. The van der Waals surface area contributed by atoms with Crippen molar-refractivity contribution < 1.29 is 9.47 Å². The number of ether oxygens (including phenoxy) is 2. The predicted molar refractivity (Wildman–Crippen MR) is 78.9 cm³/mol. The molecule has 3 atom stereocenters. The van der Waals surface area contributed by atoms with Gasteiger partial charge in [-0.2, -0.15) is 0 Å². The summed E-state index contributed by atoms with van der Waals surface area (Å²) >= 11 is 12.3. The Morgan fingerprint density at radius 1 is 1.21 bits per heavy atom. The van der Waals surface area contributed by atoms with Gasteiger partial charge in [0.05, 0.1) is 24.9 Å². The van der Waals surface area contributed by atoms with Gasteiger partial charge in [-0.25, -0.2) is 0 Å². The molecule has 1 aromatic carbocycles. The number of hydrogen-bond acceptors (Lipinski definition) is 2. The average Bonchev–Trinajstić information content (AvgIpc) is 2.80. The molecule has 2 nitrogen and oxygen atoms in total. The summed E-state index contributed by atoms with van der Waals surface area (Å²) in [6, 6.07) is 5.52. The standard InChI is InChI=1S/C15H20Cl2O2/c1-3-10-8-15(14(4-2)19-10)18-9-11-12(16)6-5-7-13(11)17/h5-7,10,14-15H,3-4,8-9H2,1-2H3. The van der Waals surface area contributed by atoms with E-state index >= 15 is 0 Å².